The van der Waals surface area contributed by atoms with E-state index in [9.17, 15) is 14.9 Å². The van der Waals surface area contributed by atoms with Gasteiger partial charge in [0.15, 0.2) is 0 Å². The van der Waals surface area contributed by atoms with Crippen molar-refractivity contribution in [2.24, 2.45) is 5.92 Å². The van der Waals surface area contributed by atoms with Gasteiger partial charge < -0.3 is 14.2 Å². The van der Waals surface area contributed by atoms with Gasteiger partial charge in [-0.3, -0.25) is 14.9 Å². The Morgan fingerprint density at radius 1 is 1.33 bits per heavy atom. The Morgan fingerprint density at radius 2 is 2.00 bits per heavy atom. The van der Waals surface area contributed by atoms with Crippen LogP contribution in [0.5, 0.6) is 11.5 Å². The summed E-state index contributed by atoms with van der Waals surface area (Å²) < 4.78 is 15.6. The van der Waals surface area contributed by atoms with Gasteiger partial charge >= 0.3 is 5.97 Å². The molecule has 114 valence electrons. The number of nitro benzene ring substituents is 1. The summed E-state index contributed by atoms with van der Waals surface area (Å²) >= 11 is 0. The van der Waals surface area contributed by atoms with Crippen molar-refractivity contribution in [1.82, 2.24) is 0 Å². The number of nitro groups is 1. The second kappa shape index (κ2) is 6.43. The average Bonchev–Trinajstić information content (AvgIpc) is 2.42. The van der Waals surface area contributed by atoms with E-state index in [1.54, 1.807) is 13.0 Å². The van der Waals surface area contributed by atoms with E-state index in [4.69, 9.17) is 14.2 Å². The summed E-state index contributed by atoms with van der Waals surface area (Å²) in [7, 11) is 1.43. The standard InChI is InChI=1S/C14H17NO6/c1-3-20-14(16)9-4-12(5-9)21-13-7-10(15(17)18)6-11(8-13)19-2/h6-9,12H,3-5H2,1-2H3. The van der Waals surface area contributed by atoms with Crippen LogP contribution in [-0.2, 0) is 9.53 Å². The van der Waals surface area contributed by atoms with E-state index in [2.05, 4.69) is 0 Å². The van der Waals surface area contributed by atoms with Crippen molar-refractivity contribution in [3.8, 4) is 11.5 Å². The van der Waals surface area contributed by atoms with Gasteiger partial charge in [0.2, 0.25) is 0 Å². The molecule has 0 bridgehead atoms. The number of hydrogen-bond donors (Lipinski definition) is 0. The van der Waals surface area contributed by atoms with Crippen LogP contribution in [0, 0.1) is 16.0 Å². The lowest BCUT2D eigenvalue weighted by Gasteiger charge is -2.33. The number of esters is 1. The van der Waals surface area contributed by atoms with Crippen LogP contribution in [0.25, 0.3) is 0 Å². The predicted molar refractivity (Wildman–Crippen MR) is 73.4 cm³/mol. The van der Waals surface area contributed by atoms with E-state index in [1.165, 1.54) is 19.2 Å². The molecule has 1 fully saturated rings. The summed E-state index contributed by atoms with van der Waals surface area (Å²) in [5.74, 6) is 0.373. The minimum atomic E-state index is -0.502. The molecule has 2 rings (SSSR count). The van der Waals surface area contributed by atoms with Crippen LogP contribution in [0.1, 0.15) is 19.8 Å². The number of methoxy groups -OCH3 is 1. The molecule has 0 saturated heterocycles. The van der Waals surface area contributed by atoms with E-state index in [-0.39, 0.29) is 23.7 Å². The third-order valence-corrected chi connectivity index (χ3v) is 3.33. The Bertz CT molecular complexity index is 538. The van der Waals surface area contributed by atoms with E-state index in [1.807, 2.05) is 0 Å². The first-order chi connectivity index (χ1) is 10.0. The molecule has 0 unspecified atom stereocenters. The first kappa shape index (κ1) is 15.1. The van der Waals surface area contributed by atoms with Crippen LogP contribution in [0.3, 0.4) is 0 Å². The fourth-order valence-corrected chi connectivity index (χ4v) is 2.15. The average molecular weight is 295 g/mol. The van der Waals surface area contributed by atoms with Gasteiger partial charge in [-0.05, 0) is 19.8 Å². The van der Waals surface area contributed by atoms with Crippen LogP contribution in [0.2, 0.25) is 0 Å². The lowest BCUT2D eigenvalue weighted by molar-refractivity contribution is -0.385. The SMILES string of the molecule is CCOC(=O)C1CC(Oc2cc(OC)cc([N+](=O)[O-])c2)C1. The molecule has 0 radical (unpaired) electrons. The topological polar surface area (TPSA) is 87.9 Å². The summed E-state index contributed by atoms with van der Waals surface area (Å²) in [6.07, 6.45) is 0.986. The fraction of sp³-hybridized carbons (Fsp3) is 0.500. The summed E-state index contributed by atoms with van der Waals surface area (Å²) in [6, 6.07) is 4.26. The van der Waals surface area contributed by atoms with Crippen molar-refractivity contribution >= 4 is 11.7 Å². The highest BCUT2D eigenvalue weighted by Gasteiger charge is 2.37. The summed E-state index contributed by atoms with van der Waals surface area (Å²) in [6.45, 7) is 2.13. The zero-order chi connectivity index (χ0) is 15.4. The number of hydrogen-bond acceptors (Lipinski definition) is 6. The van der Waals surface area contributed by atoms with Gasteiger partial charge in [0, 0.05) is 6.07 Å². The van der Waals surface area contributed by atoms with Gasteiger partial charge in [-0.25, -0.2) is 0 Å². The van der Waals surface area contributed by atoms with Crippen molar-refractivity contribution in [3.05, 3.63) is 28.3 Å². The number of ether oxygens (including phenoxy) is 3. The molecule has 21 heavy (non-hydrogen) atoms. The zero-order valence-electron chi connectivity index (χ0n) is 11.9. The van der Waals surface area contributed by atoms with Gasteiger partial charge in [0.25, 0.3) is 5.69 Å². The second-order valence-electron chi connectivity index (χ2n) is 4.78. The zero-order valence-corrected chi connectivity index (χ0v) is 11.9. The highest BCUT2D eigenvalue weighted by molar-refractivity contribution is 5.73. The van der Waals surface area contributed by atoms with Crippen LogP contribution in [0.15, 0.2) is 18.2 Å². The molecule has 1 aromatic carbocycles. The minimum Gasteiger partial charge on any atom is -0.496 e. The van der Waals surface area contributed by atoms with E-state index in [0.29, 0.717) is 30.9 Å². The Balaban J connectivity index is 1.97. The quantitative estimate of drug-likeness (QED) is 0.454. The molecule has 0 aromatic heterocycles. The van der Waals surface area contributed by atoms with Crippen molar-refractivity contribution < 1.29 is 23.9 Å². The molecule has 1 aliphatic carbocycles. The lowest BCUT2D eigenvalue weighted by Crippen LogP contribution is -2.39. The first-order valence-electron chi connectivity index (χ1n) is 6.70. The summed E-state index contributed by atoms with van der Waals surface area (Å²) in [5.41, 5.74) is -0.0920. The summed E-state index contributed by atoms with van der Waals surface area (Å²) in [4.78, 5) is 21.8. The third-order valence-electron chi connectivity index (χ3n) is 3.33. The molecule has 0 amide bonds. The molecular weight excluding hydrogens is 278 g/mol. The predicted octanol–water partition coefficient (Wildman–Crippen LogP) is 2.32. The molecule has 0 heterocycles. The highest BCUT2D eigenvalue weighted by atomic mass is 16.6. The molecule has 1 saturated carbocycles. The number of benzene rings is 1. The maximum atomic E-state index is 11.5. The van der Waals surface area contributed by atoms with E-state index in [0.717, 1.165) is 0 Å². The normalized spacial score (nSPS) is 20.3. The Hall–Kier alpha value is -2.31. The lowest BCUT2D eigenvalue weighted by atomic mass is 9.82. The molecule has 0 N–H and O–H groups in total. The Kier molecular flexibility index (Phi) is 4.62. The summed E-state index contributed by atoms with van der Waals surface area (Å²) in [5, 5.41) is 10.8. The second-order valence-corrected chi connectivity index (χ2v) is 4.78. The molecule has 1 aromatic rings. The van der Waals surface area contributed by atoms with Crippen LogP contribution in [0.4, 0.5) is 5.69 Å². The molecule has 7 heteroatoms. The highest BCUT2D eigenvalue weighted by Crippen LogP contribution is 2.35. The van der Waals surface area contributed by atoms with Crippen molar-refractivity contribution in [2.75, 3.05) is 13.7 Å². The van der Waals surface area contributed by atoms with Crippen LogP contribution in [-0.4, -0.2) is 30.7 Å². The van der Waals surface area contributed by atoms with Gasteiger partial charge in [-0.2, -0.15) is 0 Å². The Morgan fingerprint density at radius 3 is 2.57 bits per heavy atom. The van der Waals surface area contributed by atoms with Gasteiger partial charge in [0.1, 0.15) is 17.6 Å². The maximum Gasteiger partial charge on any atom is 0.309 e. The first-order valence-corrected chi connectivity index (χ1v) is 6.70. The smallest absolute Gasteiger partial charge is 0.309 e. The Labute approximate surface area is 122 Å². The largest absolute Gasteiger partial charge is 0.496 e. The molecule has 0 spiro atoms. The number of carbonyl (C=O) groups excluding carboxylic acids is 1. The number of nitrogens with zero attached hydrogens (tertiary/aromatic N) is 1. The number of rotatable bonds is 6. The van der Waals surface area contributed by atoms with Crippen LogP contribution < -0.4 is 9.47 Å². The van der Waals surface area contributed by atoms with Crippen molar-refractivity contribution in [2.45, 2.75) is 25.9 Å². The van der Waals surface area contributed by atoms with Crippen LogP contribution >= 0.6 is 0 Å². The molecule has 0 aliphatic heterocycles. The third kappa shape index (κ3) is 3.62. The van der Waals surface area contributed by atoms with Crippen molar-refractivity contribution in [3.63, 3.8) is 0 Å². The molecule has 7 nitrogen and oxygen atoms in total. The van der Waals surface area contributed by atoms with Gasteiger partial charge in [-0.1, -0.05) is 0 Å². The number of carbonyl (C=O) groups is 1. The van der Waals surface area contributed by atoms with Gasteiger partial charge in [0.05, 0.1) is 36.7 Å². The molecule has 0 atom stereocenters. The van der Waals surface area contributed by atoms with Gasteiger partial charge in [-0.15, -0.1) is 0 Å². The maximum absolute atomic E-state index is 11.5. The molecule has 1 aliphatic rings. The number of non-ortho nitro benzene ring substituents is 1. The van der Waals surface area contributed by atoms with E-state index >= 15 is 0 Å². The van der Waals surface area contributed by atoms with E-state index < -0.39 is 4.92 Å². The fourth-order valence-electron chi connectivity index (χ4n) is 2.15. The minimum absolute atomic E-state index is 0.0920. The van der Waals surface area contributed by atoms with Crippen molar-refractivity contribution in [1.29, 1.82) is 0 Å². The monoisotopic (exact) mass is 295 g/mol. The molecular formula is C14H17NO6.